The molecule has 36 heavy (non-hydrogen) atoms. The van der Waals surface area contributed by atoms with Crippen LogP contribution < -0.4 is 15.0 Å². The van der Waals surface area contributed by atoms with Crippen molar-refractivity contribution in [1.29, 1.82) is 0 Å². The van der Waals surface area contributed by atoms with Gasteiger partial charge in [0.2, 0.25) is 12.2 Å². The van der Waals surface area contributed by atoms with Gasteiger partial charge in [-0.25, -0.2) is 9.66 Å². The average molecular weight is 566 g/mol. The molecule has 0 spiro atoms. The third-order valence-electron chi connectivity index (χ3n) is 5.15. The molecule has 2 heterocycles. The van der Waals surface area contributed by atoms with Gasteiger partial charge < -0.3 is 14.0 Å². The lowest BCUT2D eigenvalue weighted by Gasteiger charge is -2.26. The standard InChI is InChI=1S/C24H16Cl3N2O6P/c25-15-5-3-4-14(10-15)21-8-9-33-36(31,35-21)13-32-16-11-19(26)22(20(27)12-16)34-24-18-7-2-1-6-17(18)23(30)28-29-24/h1-12,21H,13H2,(H,28,30)/t21-,36-/m0/s1. The van der Waals surface area contributed by atoms with Crippen molar-refractivity contribution in [2.24, 2.45) is 0 Å². The van der Waals surface area contributed by atoms with Crippen LogP contribution in [0.15, 0.2) is 77.8 Å². The van der Waals surface area contributed by atoms with Gasteiger partial charge in [0.15, 0.2) is 5.75 Å². The van der Waals surface area contributed by atoms with Crippen molar-refractivity contribution in [3.63, 3.8) is 0 Å². The molecule has 8 nitrogen and oxygen atoms in total. The number of aromatic amines is 1. The summed E-state index contributed by atoms with van der Waals surface area (Å²) in [6, 6.07) is 16.7. The van der Waals surface area contributed by atoms with Gasteiger partial charge in [0.25, 0.3) is 5.56 Å². The maximum Gasteiger partial charge on any atom is 0.416 e. The quantitative estimate of drug-likeness (QED) is 0.242. The predicted octanol–water partition coefficient (Wildman–Crippen LogP) is 7.51. The van der Waals surface area contributed by atoms with E-state index in [-0.39, 0.29) is 33.0 Å². The number of H-pyrrole nitrogens is 1. The molecule has 0 saturated carbocycles. The van der Waals surface area contributed by atoms with Gasteiger partial charge in [0.1, 0.15) is 11.9 Å². The van der Waals surface area contributed by atoms with Crippen molar-refractivity contribution in [3.05, 3.63) is 104 Å². The van der Waals surface area contributed by atoms with Crippen LogP contribution in [0.2, 0.25) is 15.1 Å². The van der Waals surface area contributed by atoms with Crippen molar-refractivity contribution in [2.45, 2.75) is 6.10 Å². The maximum atomic E-state index is 13.1. The number of hydrogen-bond acceptors (Lipinski definition) is 7. The number of nitrogens with zero attached hydrogens (tertiary/aromatic N) is 1. The Morgan fingerprint density at radius 2 is 1.75 bits per heavy atom. The van der Waals surface area contributed by atoms with E-state index in [1.165, 1.54) is 18.4 Å². The molecule has 0 saturated heterocycles. The number of fused-ring (bicyclic) bond motifs is 1. The second-order valence-electron chi connectivity index (χ2n) is 7.62. The molecule has 0 fully saturated rings. The molecule has 4 aromatic rings. The summed E-state index contributed by atoms with van der Waals surface area (Å²) in [7, 11) is -3.66. The van der Waals surface area contributed by atoms with Gasteiger partial charge in [-0.15, -0.1) is 5.10 Å². The molecule has 0 bridgehead atoms. The van der Waals surface area contributed by atoms with Crippen LogP contribution in [-0.2, 0) is 13.6 Å². The van der Waals surface area contributed by atoms with Crippen LogP contribution >= 0.6 is 42.4 Å². The largest absolute Gasteiger partial charge is 0.480 e. The van der Waals surface area contributed by atoms with E-state index >= 15 is 0 Å². The Balaban J connectivity index is 1.32. The van der Waals surface area contributed by atoms with Crippen molar-refractivity contribution in [1.82, 2.24) is 10.2 Å². The van der Waals surface area contributed by atoms with Gasteiger partial charge >= 0.3 is 7.60 Å². The average Bonchev–Trinajstić information content (AvgIpc) is 2.86. The van der Waals surface area contributed by atoms with Crippen LogP contribution in [0.3, 0.4) is 0 Å². The normalized spacial score (nSPS) is 19.1. The minimum absolute atomic E-state index is 0.107. The molecule has 1 N–H and O–H groups in total. The van der Waals surface area contributed by atoms with E-state index in [1.54, 1.807) is 54.6 Å². The fourth-order valence-corrected chi connectivity index (χ4v) is 5.50. The molecule has 0 unspecified atom stereocenters. The topological polar surface area (TPSA) is 99.7 Å². The first-order valence-electron chi connectivity index (χ1n) is 10.5. The lowest BCUT2D eigenvalue weighted by Crippen LogP contribution is -2.11. The van der Waals surface area contributed by atoms with E-state index in [4.69, 9.17) is 53.3 Å². The monoisotopic (exact) mass is 564 g/mol. The van der Waals surface area contributed by atoms with Crippen molar-refractivity contribution in [2.75, 3.05) is 6.35 Å². The molecule has 2 atom stereocenters. The summed E-state index contributed by atoms with van der Waals surface area (Å²) in [5.74, 6) is 0.444. The van der Waals surface area contributed by atoms with E-state index in [9.17, 15) is 9.36 Å². The van der Waals surface area contributed by atoms with Crippen LogP contribution in [0, 0.1) is 0 Å². The third-order valence-corrected chi connectivity index (χ3v) is 7.38. The number of hydrogen-bond donors (Lipinski definition) is 1. The highest BCUT2D eigenvalue weighted by atomic mass is 35.5. The highest BCUT2D eigenvalue weighted by molar-refractivity contribution is 7.53. The highest BCUT2D eigenvalue weighted by Gasteiger charge is 2.33. The maximum absolute atomic E-state index is 13.1. The summed E-state index contributed by atoms with van der Waals surface area (Å²) in [5.41, 5.74) is 0.367. The fraction of sp³-hybridized carbons (Fsp3) is 0.0833. The van der Waals surface area contributed by atoms with Gasteiger partial charge in [-0.3, -0.25) is 9.32 Å². The smallest absolute Gasteiger partial charge is 0.416 e. The predicted molar refractivity (Wildman–Crippen MR) is 138 cm³/mol. The SMILES string of the molecule is O=c1[nH]nc(Oc2c(Cl)cc(OC[P@]3(=O)OC=C[C@@H](c4cccc(Cl)c4)O3)cc2Cl)c2ccccc12. The molecule has 0 aliphatic carbocycles. The zero-order chi connectivity index (χ0) is 25.3. The molecular formula is C24H16Cl3N2O6P. The van der Waals surface area contributed by atoms with E-state index in [0.717, 1.165) is 5.56 Å². The fourth-order valence-electron chi connectivity index (χ4n) is 3.48. The van der Waals surface area contributed by atoms with E-state index in [2.05, 4.69) is 10.2 Å². The highest BCUT2D eigenvalue weighted by Crippen LogP contribution is 2.55. The first-order valence-corrected chi connectivity index (χ1v) is 13.3. The zero-order valence-electron chi connectivity index (χ0n) is 18.2. The molecule has 5 rings (SSSR count). The van der Waals surface area contributed by atoms with Crippen LogP contribution in [-0.4, -0.2) is 16.5 Å². The number of nitrogens with one attached hydrogen (secondary N) is 1. The molecule has 1 aliphatic heterocycles. The van der Waals surface area contributed by atoms with Gasteiger partial charge in [0, 0.05) is 17.2 Å². The second kappa shape index (κ2) is 10.2. The Morgan fingerprint density at radius 3 is 2.50 bits per heavy atom. The Kier molecular flexibility index (Phi) is 6.97. The Morgan fingerprint density at radius 1 is 1.00 bits per heavy atom. The molecule has 184 valence electrons. The summed E-state index contributed by atoms with van der Waals surface area (Å²) in [6.45, 7) is 0. The number of benzene rings is 3. The number of rotatable bonds is 6. The molecule has 0 amide bonds. The second-order valence-corrected chi connectivity index (χ2v) is 10.8. The molecule has 0 radical (unpaired) electrons. The van der Waals surface area contributed by atoms with Gasteiger partial charge in [-0.1, -0.05) is 59.1 Å². The molecule has 12 heteroatoms. The summed E-state index contributed by atoms with van der Waals surface area (Å²) in [5, 5.41) is 7.96. The van der Waals surface area contributed by atoms with Gasteiger partial charge in [-0.2, -0.15) is 0 Å². The zero-order valence-corrected chi connectivity index (χ0v) is 21.4. The van der Waals surface area contributed by atoms with E-state index in [1.807, 2.05) is 0 Å². The van der Waals surface area contributed by atoms with Gasteiger partial charge in [0.05, 0.1) is 27.1 Å². The van der Waals surface area contributed by atoms with Crippen molar-refractivity contribution < 1.29 is 23.1 Å². The number of ether oxygens (including phenoxy) is 2. The van der Waals surface area contributed by atoms with Crippen molar-refractivity contribution >= 4 is 53.2 Å². The molecular weight excluding hydrogens is 550 g/mol. The lowest BCUT2D eigenvalue weighted by molar-refractivity contribution is 0.169. The van der Waals surface area contributed by atoms with Crippen LogP contribution in [0.4, 0.5) is 0 Å². The van der Waals surface area contributed by atoms with E-state index < -0.39 is 20.0 Å². The lowest BCUT2D eigenvalue weighted by atomic mass is 10.1. The van der Waals surface area contributed by atoms with Crippen LogP contribution in [0.1, 0.15) is 11.7 Å². The summed E-state index contributed by atoms with van der Waals surface area (Å²) in [4.78, 5) is 12.0. The molecule has 1 aromatic heterocycles. The Hall–Kier alpha value is -3.00. The minimum atomic E-state index is -3.66. The summed E-state index contributed by atoms with van der Waals surface area (Å²) < 4.78 is 35.5. The molecule has 1 aliphatic rings. The number of aromatic nitrogens is 2. The van der Waals surface area contributed by atoms with Crippen LogP contribution in [0.5, 0.6) is 17.4 Å². The van der Waals surface area contributed by atoms with Gasteiger partial charge in [-0.05, 0) is 35.9 Å². The Labute approximate surface area is 219 Å². The minimum Gasteiger partial charge on any atom is -0.480 e. The summed E-state index contributed by atoms with van der Waals surface area (Å²) in [6.07, 6.45) is 1.93. The summed E-state index contributed by atoms with van der Waals surface area (Å²) >= 11 is 18.8. The molecule has 3 aromatic carbocycles. The van der Waals surface area contributed by atoms with Crippen molar-refractivity contribution in [3.8, 4) is 17.4 Å². The van der Waals surface area contributed by atoms with Crippen LogP contribution in [0.25, 0.3) is 10.8 Å². The Bertz CT molecular complexity index is 1570. The number of halogens is 3. The third kappa shape index (κ3) is 5.24. The first kappa shape index (κ1) is 24.7. The first-order chi connectivity index (χ1) is 17.3. The van der Waals surface area contributed by atoms with E-state index in [0.29, 0.717) is 15.8 Å².